The van der Waals surface area contributed by atoms with Gasteiger partial charge in [-0.1, -0.05) is 29.3 Å². The Morgan fingerprint density at radius 1 is 1.44 bits per heavy atom. The third-order valence-corrected chi connectivity index (χ3v) is 3.02. The van der Waals surface area contributed by atoms with E-state index >= 15 is 0 Å². The first-order valence-electron chi connectivity index (χ1n) is 3.84. The van der Waals surface area contributed by atoms with Crippen molar-refractivity contribution in [3.63, 3.8) is 0 Å². The van der Waals surface area contributed by atoms with Gasteiger partial charge in [-0.05, 0) is 28.1 Å². The van der Waals surface area contributed by atoms with Crippen molar-refractivity contribution in [1.82, 2.24) is 0 Å². The Labute approximate surface area is 110 Å². The van der Waals surface area contributed by atoms with Crippen LogP contribution >= 0.6 is 47.0 Å². The summed E-state index contributed by atoms with van der Waals surface area (Å²) < 4.78 is 15.0. The summed E-state index contributed by atoms with van der Waals surface area (Å²) in [7, 11) is -4.54. The van der Waals surface area contributed by atoms with Crippen LogP contribution in [0.5, 0.6) is 0 Å². The van der Waals surface area contributed by atoms with Crippen LogP contribution in [-0.4, -0.2) is 9.79 Å². The Hall–Kier alpha value is -0.0300. The van der Waals surface area contributed by atoms with Gasteiger partial charge in [-0.3, -0.25) is 9.79 Å². The van der Waals surface area contributed by atoms with Crippen LogP contribution in [0.25, 0.3) is 4.48 Å². The molecular weight excluding hydrogens is 342 g/mol. The van der Waals surface area contributed by atoms with Gasteiger partial charge in [-0.15, -0.1) is 0 Å². The van der Waals surface area contributed by atoms with E-state index in [4.69, 9.17) is 33.0 Å². The van der Waals surface area contributed by atoms with Crippen molar-refractivity contribution in [1.29, 1.82) is 0 Å². The van der Waals surface area contributed by atoms with Gasteiger partial charge in [-0.2, -0.15) is 0 Å². The van der Waals surface area contributed by atoms with E-state index in [1.165, 1.54) is 6.07 Å². The fourth-order valence-corrected chi connectivity index (χ4v) is 2.31. The molecule has 0 unspecified atom stereocenters. The average Bonchev–Trinajstić information content (AvgIpc) is 2.13. The van der Waals surface area contributed by atoms with Crippen LogP contribution in [0.3, 0.4) is 0 Å². The molecule has 16 heavy (non-hydrogen) atoms. The standard InChI is InChI=1S/C8H6BrCl2O4P/c9-7(4-15-16(12,13)14)6-2-1-5(10)3-8(6)11/h1-4H,(H2,12,13,14). The van der Waals surface area contributed by atoms with Gasteiger partial charge in [0.2, 0.25) is 0 Å². The van der Waals surface area contributed by atoms with Gasteiger partial charge >= 0.3 is 7.82 Å². The largest absolute Gasteiger partial charge is 0.524 e. The topological polar surface area (TPSA) is 66.8 Å². The summed E-state index contributed by atoms with van der Waals surface area (Å²) in [5, 5.41) is 0.801. The summed E-state index contributed by atoms with van der Waals surface area (Å²) in [5.74, 6) is 0. The first kappa shape index (κ1) is 14.0. The van der Waals surface area contributed by atoms with Gasteiger partial charge in [0.15, 0.2) is 0 Å². The van der Waals surface area contributed by atoms with Crippen LogP contribution < -0.4 is 0 Å². The molecule has 1 rings (SSSR count). The summed E-state index contributed by atoms with van der Waals surface area (Å²) in [6.07, 6.45) is 0.885. The molecule has 0 aliphatic heterocycles. The number of phosphoric acid groups is 1. The highest BCUT2D eigenvalue weighted by Crippen LogP contribution is 2.39. The quantitative estimate of drug-likeness (QED) is 0.644. The van der Waals surface area contributed by atoms with Gasteiger partial charge in [0, 0.05) is 10.6 Å². The smallest absolute Gasteiger partial charge is 0.411 e. The SMILES string of the molecule is O=P(O)(O)OC=C(Br)c1ccc(Cl)cc1Cl. The molecule has 0 aliphatic carbocycles. The van der Waals surface area contributed by atoms with Crippen LogP contribution in [0.15, 0.2) is 24.5 Å². The molecule has 0 aromatic heterocycles. The lowest BCUT2D eigenvalue weighted by Crippen LogP contribution is -1.83. The maximum atomic E-state index is 10.5. The van der Waals surface area contributed by atoms with Crippen LogP contribution in [0.1, 0.15) is 5.56 Å². The van der Waals surface area contributed by atoms with Gasteiger partial charge in [0.25, 0.3) is 0 Å². The minimum atomic E-state index is -4.54. The van der Waals surface area contributed by atoms with E-state index in [9.17, 15) is 4.57 Å². The summed E-state index contributed by atoms with van der Waals surface area (Å²) >= 11 is 14.6. The fourth-order valence-electron chi connectivity index (χ4n) is 0.862. The Morgan fingerprint density at radius 3 is 2.56 bits per heavy atom. The molecule has 0 saturated heterocycles. The number of hydrogen-bond donors (Lipinski definition) is 2. The molecule has 0 bridgehead atoms. The first-order chi connectivity index (χ1) is 7.29. The molecular formula is C8H6BrCl2O4P. The van der Waals surface area contributed by atoms with Crippen molar-refractivity contribution in [3.05, 3.63) is 40.1 Å². The molecule has 0 aliphatic rings. The van der Waals surface area contributed by atoms with E-state index < -0.39 is 7.82 Å². The van der Waals surface area contributed by atoms with E-state index in [1.54, 1.807) is 12.1 Å². The maximum Gasteiger partial charge on any atom is 0.524 e. The molecule has 2 N–H and O–H groups in total. The molecule has 1 aromatic rings. The van der Waals surface area contributed by atoms with Crippen LogP contribution in [0.4, 0.5) is 0 Å². The Kier molecular flexibility index (Phi) is 4.86. The first-order valence-corrected chi connectivity index (χ1v) is 6.92. The minimum Gasteiger partial charge on any atom is -0.411 e. The number of hydrogen-bond acceptors (Lipinski definition) is 2. The second-order valence-corrected chi connectivity index (χ2v) is 5.58. The Morgan fingerprint density at radius 2 is 2.06 bits per heavy atom. The zero-order valence-electron chi connectivity index (χ0n) is 7.60. The highest BCUT2D eigenvalue weighted by Gasteiger charge is 2.13. The Balaban J connectivity index is 2.96. The predicted octanol–water partition coefficient (Wildman–Crippen LogP) is 3.80. The van der Waals surface area contributed by atoms with Crippen molar-refractivity contribution in [3.8, 4) is 0 Å². The van der Waals surface area contributed by atoms with Gasteiger partial charge in [0.1, 0.15) is 6.26 Å². The highest BCUT2D eigenvalue weighted by atomic mass is 79.9. The number of benzene rings is 1. The summed E-state index contributed by atoms with van der Waals surface area (Å²) in [6, 6.07) is 4.69. The van der Waals surface area contributed by atoms with E-state index in [0.29, 0.717) is 20.1 Å². The molecule has 0 amide bonds. The molecule has 0 heterocycles. The molecule has 0 radical (unpaired) electrons. The molecule has 4 nitrogen and oxygen atoms in total. The fraction of sp³-hybridized carbons (Fsp3) is 0. The van der Waals surface area contributed by atoms with Crippen LogP contribution in [0, 0.1) is 0 Å². The van der Waals surface area contributed by atoms with Crippen LogP contribution in [-0.2, 0) is 9.09 Å². The van der Waals surface area contributed by atoms with E-state index in [2.05, 4.69) is 20.5 Å². The van der Waals surface area contributed by atoms with Gasteiger partial charge in [0.05, 0.1) is 9.51 Å². The zero-order valence-corrected chi connectivity index (χ0v) is 11.6. The van der Waals surface area contributed by atoms with Gasteiger partial charge in [-0.25, -0.2) is 4.57 Å². The van der Waals surface area contributed by atoms with Crippen molar-refractivity contribution >= 4 is 51.4 Å². The number of phosphoric ester groups is 1. The molecule has 8 heteroatoms. The normalized spacial score (nSPS) is 12.7. The third kappa shape index (κ3) is 4.45. The van der Waals surface area contributed by atoms with Crippen molar-refractivity contribution in [2.45, 2.75) is 0 Å². The second-order valence-electron chi connectivity index (χ2n) is 2.69. The summed E-state index contributed by atoms with van der Waals surface area (Å²) in [4.78, 5) is 17.0. The number of rotatable bonds is 3. The zero-order chi connectivity index (χ0) is 12.3. The third-order valence-electron chi connectivity index (χ3n) is 1.48. The number of halogens is 3. The molecule has 0 fully saturated rings. The monoisotopic (exact) mass is 346 g/mol. The molecule has 0 spiro atoms. The van der Waals surface area contributed by atoms with Crippen molar-refractivity contribution < 1.29 is 18.9 Å². The van der Waals surface area contributed by atoms with Crippen LogP contribution in [0.2, 0.25) is 10.0 Å². The lowest BCUT2D eigenvalue weighted by Gasteiger charge is -2.05. The lowest BCUT2D eigenvalue weighted by molar-refractivity contribution is 0.259. The van der Waals surface area contributed by atoms with Crippen molar-refractivity contribution in [2.75, 3.05) is 0 Å². The second kappa shape index (κ2) is 5.54. The van der Waals surface area contributed by atoms with Crippen molar-refractivity contribution in [2.24, 2.45) is 0 Å². The van der Waals surface area contributed by atoms with Gasteiger partial charge < -0.3 is 4.52 Å². The molecule has 88 valence electrons. The minimum absolute atomic E-state index is 0.303. The summed E-state index contributed by atoms with van der Waals surface area (Å²) in [5.41, 5.74) is 0.513. The summed E-state index contributed by atoms with van der Waals surface area (Å²) in [6.45, 7) is 0. The highest BCUT2D eigenvalue weighted by molar-refractivity contribution is 9.15. The Bertz CT molecular complexity index is 471. The average molecular weight is 348 g/mol. The molecule has 0 atom stereocenters. The molecule has 1 aromatic carbocycles. The van der Waals surface area contributed by atoms with E-state index in [1.807, 2.05) is 0 Å². The predicted molar refractivity (Wildman–Crippen MR) is 66.5 cm³/mol. The van der Waals surface area contributed by atoms with E-state index in [-0.39, 0.29) is 0 Å². The maximum absolute atomic E-state index is 10.5. The molecule has 0 saturated carbocycles. The lowest BCUT2D eigenvalue weighted by atomic mass is 10.2. The van der Waals surface area contributed by atoms with E-state index in [0.717, 1.165) is 6.26 Å².